The minimum atomic E-state index is -4.72. The second kappa shape index (κ2) is 9.55. The molecule has 3 N–H and O–H groups in total. The van der Waals surface area contributed by atoms with E-state index >= 15 is 0 Å². The Morgan fingerprint density at radius 2 is 1.82 bits per heavy atom. The molecule has 0 atom stereocenters. The highest BCUT2D eigenvalue weighted by molar-refractivity contribution is 7.92. The van der Waals surface area contributed by atoms with Crippen molar-refractivity contribution in [2.24, 2.45) is 0 Å². The van der Waals surface area contributed by atoms with Crippen LogP contribution in [-0.4, -0.2) is 42.8 Å². The molecular weight excluding hydrogens is 475 g/mol. The quantitative estimate of drug-likeness (QED) is 0.429. The van der Waals surface area contributed by atoms with Gasteiger partial charge in [-0.15, -0.1) is 0 Å². The van der Waals surface area contributed by atoms with Gasteiger partial charge in [0, 0.05) is 25.5 Å². The topological polar surface area (TPSA) is 125 Å². The molecule has 0 saturated carbocycles. The zero-order valence-electron chi connectivity index (χ0n) is 18.0. The Balaban J connectivity index is 1.84. The highest BCUT2D eigenvalue weighted by atomic mass is 32.2. The van der Waals surface area contributed by atoms with Crippen molar-refractivity contribution in [3.05, 3.63) is 71.4 Å². The number of aromatic nitrogens is 2. The lowest BCUT2D eigenvalue weighted by atomic mass is 10.2. The summed E-state index contributed by atoms with van der Waals surface area (Å²) in [5.74, 6) is -1.73. The molecule has 0 saturated heterocycles. The molecule has 1 aromatic heterocycles. The molecule has 2 aromatic carbocycles. The zero-order chi connectivity index (χ0) is 25.1. The molecule has 180 valence electrons. The van der Waals surface area contributed by atoms with Crippen LogP contribution in [0.2, 0.25) is 0 Å². The molecule has 0 spiro atoms. The molecule has 13 heteroatoms. The monoisotopic (exact) mass is 495 g/mol. The molecule has 0 unspecified atom stereocenters. The number of carbonyl (C=O) groups is 1. The highest BCUT2D eigenvalue weighted by Crippen LogP contribution is 2.34. The SMILES string of the molecule is CN(c1cccc(CNc2nc(Nc3ccc(C(=O)O)cc3)ncc2C(F)(F)F)c1)S(C)(=O)=O. The maximum Gasteiger partial charge on any atom is 0.421 e. The summed E-state index contributed by atoms with van der Waals surface area (Å²) in [6.07, 6.45) is -3.04. The van der Waals surface area contributed by atoms with Gasteiger partial charge in [-0.05, 0) is 42.0 Å². The number of hydrogen-bond acceptors (Lipinski definition) is 7. The number of carboxylic acids is 1. The predicted molar refractivity (Wildman–Crippen MR) is 121 cm³/mol. The van der Waals surface area contributed by atoms with Crippen molar-refractivity contribution in [2.75, 3.05) is 28.2 Å². The summed E-state index contributed by atoms with van der Waals surface area (Å²) in [6, 6.07) is 11.8. The first kappa shape index (κ1) is 24.8. The molecule has 0 aliphatic rings. The second-order valence-electron chi connectivity index (χ2n) is 7.22. The summed E-state index contributed by atoms with van der Waals surface area (Å²) in [5.41, 5.74) is 0.229. The Labute approximate surface area is 193 Å². The first-order valence-electron chi connectivity index (χ1n) is 9.66. The van der Waals surface area contributed by atoms with E-state index in [4.69, 9.17) is 5.11 Å². The van der Waals surface area contributed by atoms with Crippen molar-refractivity contribution in [3.8, 4) is 0 Å². The lowest BCUT2D eigenvalue weighted by molar-refractivity contribution is -0.137. The van der Waals surface area contributed by atoms with Gasteiger partial charge in [0.15, 0.2) is 0 Å². The number of alkyl halides is 3. The van der Waals surface area contributed by atoms with Gasteiger partial charge in [-0.25, -0.2) is 18.2 Å². The first-order chi connectivity index (χ1) is 15.8. The van der Waals surface area contributed by atoms with Crippen molar-refractivity contribution >= 4 is 39.1 Å². The third-order valence-corrected chi connectivity index (χ3v) is 5.92. The maximum absolute atomic E-state index is 13.5. The van der Waals surface area contributed by atoms with Crippen molar-refractivity contribution in [1.82, 2.24) is 9.97 Å². The zero-order valence-corrected chi connectivity index (χ0v) is 18.8. The second-order valence-corrected chi connectivity index (χ2v) is 9.23. The Kier molecular flexibility index (Phi) is 6.96. The summed E-state index contributed by atoms with van der Waals surface area (Å²) < 4.78 is 65.0. The van der Waals surface area contributed by atoms with Crippen molar-refractivity contribution in [3.63, 3.8) is 0 Å². The van der Waals surface area contributed by atoms with Crippen LogP contribution in [0.25, 0.3) is 0 Å². The molecule has 1 heterocycles. The highest BCUT2D eigenvalue weighted by Gasteiger charge is 2.35. The number of sulfonamides is 1. The van der Waals surface area contributed by atoms with E-state index in [2.05, 4.69) is 20.6 Å². The average molecular weight is 495 g/mol. The summed E-state index contributed by atoms with van der Waals surface area (Å²) >= 11 is 0. The van der Waals surface area contributed by atoms with Gasteiger partial charge < -0.3 is 15.7 Å². The molecular formula is C21H20F3N5O4S. The van der Waals surface area contributed by atoms with Crippen LogP contribution in [0.5, 0.6) is 0 Å². The molecule has 0 bridgehead atoms. The summed E-state index contributed by atoms with van der Waals surface area (Å²) in [5, 5.41) is 14.3. The lowest BCUT2D eigenvalue weighted by Gasteiger charge is -2.18. The van der Waals surface area contributed by atoms with Crippen LogP contribution in [0, 0.1) is 0 Å². The minimum Gasteiger partial charge on any atom is -0.478 e. The minimum absolute atomic E-state index is 0.0463. The van der Waals surface area contributed by atoms with Crippen LogP contribution in [0.3, 0.4) is 0 Å². The molecule has 9 nitrogen and oxygen atoms in total. The average Bonchev–Trinajstić information content (AvgIpc) is 2.76. The third-order valence-electron chi connectivity index (χ3n) is 4.71. The molecule has 3 aromatic rings. The fourth-order valence-corrected chi connectivity index (χ4v) is 3.35. The molecule has 0 fully saturated rings. The standard InChI is InChI=1S/C21H20F3N5O4S/c1-29(34(2,32)33)16-5-3-4-13(10-16)11-25-18-17(21(22,23)24)12-26-20(28-18)27-15-8-6-14(7-9-15)19(30)31/h3-10,12H,11H2,1-2H3,(H,30,31)(H2,25,26,27,28). The Morgan fingerprint density at radius 1 is 1.15 bits per heavy atom. The summed E-state index contributed by atoms with van der Waals surface area (Å²) in [6.45, 7) is -0.0711. The smallest absolute Gasteiger partial charge is 0.421 e. The third kappa shape index (κ3) is 6.13. The number of anilines is 4. The van der Waals surface area contributed by atoms with Gasteiger partial charge in [0.1, 0.15) is 11.4 Å². The molecule has 0 aliphatic carbocycles. The van der Waals surface area contributed by atoms with E-state index in [9.17, 15) is 26.4 Å². The Hall–Kier alpha value is -3.87. The van der Waals surface area contributed by atoms with Gasteiger partial charge in [-0.3, -0.25) is 4.31 Å². The van der Waals surface area contributed by atoms with Crippen LogP contribution in [0.15, 0.2) is 54.7 Å². The van der Waals surface area contributed by atoms with E-state index in [-0.39, 0.29) is 18.1 Å². The maximum atomic E-state index is 13.5. The van der Waals surface area contributed by atoms with E-state index in [0.717, 1.165) is 10.6 Å². The van der Waals surface area contributed by atoms with Crippen LogP contribution < -0.4 is 14.9 Å². The molecule has 0 amide bonds. The number of nitrogens with one attached hydrogen (secondary N) is 2. The van der Waals surface area contributed by atoms with Gasteiger partial charge in [0.05, 0.1) is 17.5 Å². The Morgan fingerprint density at radius 3 is 2.41 bits per heavy atom. The van der Waals surface area contributed by atoms with Gasteiger partial charge in [0.25, 0.3) is 0 Å². The molecule has 3 rings (SSSR count). The van der Waals surface area contributed by atoms with Crippen LogP contribution >= 0.6 is 0 Å². The largest absolute Gasteiger partial charge is 0.478 e. The van der Waals surface area contributed by atoms with E-state index < -0.39 is 33.6 Å². The van der Waals surface area contributed by atoms with Gasteiger partial charge >= 0.3 is 12.1 Å². The van der Waals surface area contributed by atoms with E-state index in [1.807, 2.05) is 0 Å². The van der Waals surface area contributed by atoms with E-state index in [1.165, 1.54) is 37.4 Å². The molecule has 34 heavy (non-hydrogen) atoms. The normalized spacial score (nSPS) is 11.7. The summed E-state index contributed by atoms with van der Waals surface area (Å²) in [7, 11) is -2.14. The number of carboxylic acid groups (broad SMARTS) is 1. The number of benzene rings is 2. The number of hydrogen-bond donors (Lipinski definition) is 3. The number of aromatic carboxylic acids is 1. The number of nitrogens with zero attached hydrogens (tertiary/aromatic N) is 3. The van der Waals surface area contributed by atoms with Crippen molar-refractivity contribution in [1.29, 1.82) is 0 Å². The van der Waals surface area contributed by atoms with Gasteiger partial charge in [-0.1, -0.05) is 12.1 Å². The molecule has 0 radical (unpaired) electrons. The first-order valence-corrected chi connectivity index (χ1v) is 11.5. The van der Waals surface area contributed by atoms with Gasteiger partial charge in [-0.2, -0.15) is 18.2 Å². The van der Waals surface area contributed by atoms with Crippen molar-refractivity contribution in [2.45, 2.75) is 12.7 Å². The Bertz CT molecular complexity index is 1300. The summed E-state index contributed by atoms with van der Waals surface area (Å²) in [4.78, 5) is 18.6. The lowest BCUT2D eigenvalue weighted by Crippen LogP contribution is -2.24. The van der Waals surface area contributed by atoms with E-state index in [1.54, 1.807) is 18.2 Å². The fourth-order valence-electron chi connectivity index (χ4n) is 2.85. The predicted octanol–water partition coefficient (Wildman–Crippen LogP) is 3.95. The van der Waals surface area contributed by atoms with Crippen LogP contribution in [-0.2, 0) is 22.7 Å². The van der Waals surface area contributed by atoms with Gasteiger partial charge in [0.2, 0.25) is 16.0 Å². The fraction of sp³-hybridized carbons (Fsp3) is 0.190. The van der Waals surface area contributed by atoms with Crippen LogP contribution in [0.1, 0.15) is 21.5 Å². The van der Waals surface area contributed by atoms with Crippen molar-refractivity contribution < 1.29 is 31.5 Å². The van der Waals surface area contributed by atoms with Crippen LogP contribution in [0.4, 0.5) is 36.3 Å². The number of halogens is 3. The van der Waals surface area contributed by atoms with E-state index in [0.29, 0.717) is 23.1 Å². The number of rotatable bonds is 8. The molecule has 0 aliphatic heterocycles.